The van der Waals surface area contributed by atoms with Gasteiger partial charge in [0.2, 0.25) is 0 Å². The zero-order chi connectivity index (χ0) is 12.7. The lowest BCUT2D eigenvalue weighted by molar-refractivity contribution is -0.137. The first-order valence-corrected chi connectivity index (χ1v) is 5.95. The van der Waals surface area contributed by atoms with E-state index in [1.54, 1.807) is 19.1 Å². The molecule has 0 spiro atoms. The summed E-state index contributed by atoms with van der Waals surface area (Å²) < 4.78 is 18.2. The summed E-state index contributed by atoms with van der Waals surface area (Å²) in [5, 5.41) is 3.03. The zero-order valence-corrected chi connectivity index (χ0v) is 11.0. The van der Waals surface area contributed by atoms with Gasteiger partial charge in [-0.3, -0.25) is 0 Å². The monoisotopic (exact) mass is 301 g/mol. The first kappa shape index (κ1) is 13.7. The van der Waals surface area contributed by atoms with Crippen LogP contribution in [0.4, 0.5) is 10.1 Å². The standard InChI is InChI=1S/C12H13BrFNO2/c1-2-17-12(16)4-3-7-15-11-6-5-9(14)8-10(11)13/h3-6,8,15H,2,7H2,1H3/b4-3+. The van der Waals surface area contributed by atoms with Crippen molar-refractivity contribution in [2.45, 2.75) is 6.92 Å². The maximum atomic E-state index is 12.8. The molecule has 0 saturated heterocycles. The summed E-state index contributed by atoms with van der Waals surface area (Å²) in [4.78, 5) is 11.0. The van der Waals surface area contributed by atoms with E-state index in [1.165, 1.54) is 18.2 Å². The van der Waals surface area contributed by atoms with E-state index in [-0.39, 0.29) is 11.8 Å². The van der Waals surface area contributed by atoms with Gasteiger partial charge in [-0.05, 0) is 41.1 Å². The normalized spacial score (nSPS) is 10.5. The van der Waals surface area contributed by atoms with Crippen molar-refractivity contribution >= 4 is 27.6 Å². The smallest absolute Gasteiger partial charge is 0.330 e. The number of hydrogen-bond donors (Lipinski definition) is 1. The van der Waals surface area contributed by atoms with Crippen molar-refractivity contribution in [3.63, 3.8) is 0 Å². The topological polar surface area (TPSA) is 38.3 Å². The molecule has 0 aromatic heterocycles. The van der Waals surface area contributed by atoms with Crippen molar-refractivity contribution in [3.05, 3.63) is 40.6 Å². The Hall–Kier alpha value is -1.36. The molecule has 0 aliphatic carbocycles. The Labute approximate surface area is 108 Å². The molecule has 0 aliphatic rings. The molecule has 0 saturated carbocycles. The quantitative estimate of drug-likeness (QED) is 0.671. The van der Waals surface area contributed by atoms with Crippen molar-refractivity contribution in [3.8, 4) is 0 Å². The van der Waals surface area contributed by atoms with Gasteiger partial charge < -0.3 is 10.1 Å². The molecule has 3 nitrogen and oxygen atoms in total. The van der Waals surface area contributed by atoms with Crippen LogP contribution in [-0.2, 0) is 9.53 Å². The molecular weight excluding hydrogens is 289 g/mol. The number of carbonyl (C=O) groups excluding carboxylic acids is 1. The molecule has 0 atom stereocenters. The van der Waals surface area contributed by atoms with Gasteiger partial charge in [0.25, 0.3) is 0 Å². The molecule has 17 heavy (non-hydrogen) atoms. The molecule has 1 aromatic rings. The molecule has 1 rings (SSSR count). The number of rotatable bonds is 5. The fraction of sp³-hybridized carbons (Fsp3) is 0.250. The fourth-order valence-corrected chi connectivity index (χ4v) is 1.64. The van der Waals surface area contributed by atoms with E-state index in [2.05, 4.69) is 21.2 Å². The third-order valence-electron chi connectivity index (χ3n) is 1.88. The van der Waals surface area contributed by atoms with Gasteiger partial charge in [0, 0.05) is 22.8 Å². The molecule has 0 heterocycles. The van der Waals surface area contributed by atoms with Crippen LogP contribution < -0.4 is 5.32 Å². The number of hydrogen-bond acceptors (Lipinski definition) is 3. The Kier molecular flexibility index (Phi) is 5.69. The SMILES string of the molecule is CCOC(=O)/C=C/CNc1ccc(F)cc1Br. The highest BCUT2D eigenvalue weighted by Crippen LogP contribution is 2.22. The second-order valence-corrected chi connectivity index (χ2v) is 4.01. The second kappa shape index (κ2) is 7.06. The predicted octanol–water partition coefficient (Wildman–Crippen LogP) is 3.12. The van der Waals surface area contributed by atoms with E-state index in [1.807, 2.05) is 0 Å². The number of carbonyl (C=O) groups is 1. The van der Waals surface area contributed by atoms with Gasteiger partial charge in [-0.25, -0.2) is 9.18 Å². The second-order valence-electron chi connectivity index (χ2n) is 3.16. The molecule has 0 bridgehead atoms. The lowest BCUT2D eigenvalue weighted by Crippen LogP contribution is -2.02. The van der Waals surface area contributed by atoms with Gasteiger partial charge in [0.1, 0.15) is 5.82 Å². The lowest BCUT2D eigenvalue weighted by atomic mass is 10.3. The first-order chi connectivity index (χ1) is 8.13. The van der Waals surface area contributed by atoms with Gasteiger partial charge in [-0.15, -0.1) is 0 Å². The van der Waals surface area contributed by atoms with Gasteiger partial charge in [-0.2, -0.15) is 0 Å². The van der Waals surface area contributed by atoms with Gasteiger partial charge >= 0.3 is 5.97 Å². The Morgan fingerprint density at radius 3 is 3.00 bits per heavy atom. The average molecular weight is 302 g/mol. The summed E-state index contributed by atoms with van der Waals surface area (Å²) in [6, 6.07) is 4.36. The van der Waals surface area contributed by atoms with E-state index in [0.717, 1.165) is 5.69 Å². The molecule has 5 heteroatoms. The van der Waals surface area contributed by atoms with E-state index in [9.17, 15) is 9.18 Å². The summed E-state index contributed by atoms with van der Waals surface area (Å²) in [7, 11) is 0. The Morgan fingerprint density at radius 1 is 1.59 bits per heavy atom. The van der Waals surface area contributed by atoms with Crippen molar-refractivity contribution < 1.29 is 13.9 Å². The van der Waals surface area contributed by atoms with E-state index < -0.39 is 0 Å². The van der Waals surface area contributed by atoms with Crippen molar-refractivity contribution in [2.75, 3.05) is 18.5 Å². The zero-order valence-electron chi connectivity index (χ0n) is 9.37. The summed E-state index contributed by atoms with van der Waals surface area (Å²) in [5.41, 5.74) is 0.764. The van der Waals surface area contributed by atoms with Crippen LogP contribution in [0.1, 0.15) is 6.92 Å². The average Bonchev–Trinajstić information content (AvgIpc) is 2.27. The Morgan fingerprint density at radius 2 is 2.35 bits per heavy atom. The maximum Gasteiger partial charge on any atom is 0.330 e. The first-order valence-electron chi connectivity index (χ1n) is 5.15. The van der Waals surface area contributed by atoms with E-state index in [0.29, 0.717) is 17.6 Å². The third-order valence-corrected chi connectivity index (χ3v) is 2.54. The highest BCUT2D eigenvalue weighted by Gasteiger charge is 1.99. The van der Waals surface area contributed by atoms with Crippen molar-refractivity contribution in [1.29, 1.82) is 0 Å². The van der Waals surface area contributed by atoms with Crippen molar-refractivity contribution in [1.82, 2.24) is 0 Å². The molecule has 0 unspecified atom stereocenters. The van der Waals surface area contributed by atoms with Crippen LogP contribution >= 0.6 is 15.9 Å². The highest BCUT2D eigenvalue weighted by molar-refractivity contribution is 9.10. The van der Waals surface area contributed by atoms with Crippen LogP contribution in [-0.4, -0.2) is 19.1 Å². The van der Waals surface area contributed by atoms with E-state index in [4.69, 9.17) is 4.74 Å². The number of ether oxygens (including phenoxy) is 1. The van der Waals surface area contributed by atoms with Crippen LogP contribution in [0.2, 0.25) is 0 Å². The van der Waals surface area contributed by atoms with Gasteiger partial charge in [-0.1, -0.05) is 6.08 Å². The lowest BCUT2D eigenvalue weighted by Gasteiger charge is -2.05. The fourth-order valence-electron chi connectivity index (χ4n) is 1.15. The molecule has 92 valence electrons. The van der Waals surface area contributed by atoms with Gasteiger partial charge in [0.05, 0.1) is 6.61 Å². The van der Waals surface area contributed by atoms with Crippen LogP contribution in [0, 0.1) is 5.82 Å². The number of anilines is 1. The minimum atomic E-state index is -0.368. The molecule has 1 aromatic carbocycles. The molecule has 0 fully saturated rings. The molecule has 1 N–H and O–H groups in total. The third kappa shape index (κ3) is 4.99. The van der Waals surface area contributed by atoms with Crippen LogP contribution in [0.3, 0.4) is 0 Å². The van der Waals surface area contributed by atoms with Crippen LogP contribution in [0.15, 0.2) is 34.8 Å². The number of nitrogens with one attached hydrogen (secondary N) is 1. The number of halogens is 2. The highest BCUT2D eigenvalue weighted by atomic mass is 79.9. The summed E-state index contributed by atoms with van der Waals surface area (Å²) in [5.74, 6) is -0.669. The summed E-state index contributed by atoms with van der Waals surface area (Å²) in [6.45, 7) is 2.57. The largest absolute Gasteiger partial charge is 0.463 e. The van der Waals surface area contributed by atoms with Gasteiger partial charge in [0.15, 0.2) is 0 Å². The predicted molar refractivity (Wildman–Crippen MR) is 68.4 cm³/mol. The Balaban J connectivity index is 2.43. The molecule has 0 aliphatic heterocycles. The van der Waals surface area contributed by atoms with Crippen LogP contribution in [0.5, 0.6) is 0 Å². The number of benzene rings is 1. The minimum absolute atomic E-state index is 0.301. The Bertz CT molecular complexity index is 421. The summed E-state index contributed by atoms with van der Waals surface area (Å²) >= 11 is 3.23. The van der Waals surface area contributed by atoms with Crippen molar-refractivity contribution in [2.24, 2.45) is 0 Å². The maximum absolute atomic E-state index is 12.8. The summed E-state index contributed by atoms with van der Waals surface area (Å²) in [6.07, 6.45) is 3.00. The molecular formula is C12H13BrFNO2. The van der Waals surface area contributed by atoms with E-state index >= 15 is 0 Å². The number of esters is 1. The minimum Gasteiger partial charge on any atom is -0.463 e. The van der Waals surface area contributed by atoms with Crippen LogP contribution in [0.25, 0.3) is 0 Å². The molecule has 0 radical (unpaired) electrons. The molecule has 0 amide bonds.